The van der Waals surface area contributed by atoms with Crippen molar-refractivity contribution in [3.05, 3.63) is 149 Å². The van der Waals surface area contributed by atoms with Crippen LogP contribution in [-0.4, -0.2) is 34.7 Å². The van der Waals surface area contributed by atoms with Crippen molar-refractivity contribution in [2.24, 2.45) is 11.8 Å². The van der Waals surface area contributed by atoms with Crippen LogP contribution in [0.15, 0.2) is 96.1 Å². The molecule has 0 bridgehead atoms. The minimum atomic E-state index is 0. The molecule has 0 fully saturated rings. The number of carbonyl (C=O) groups excluding carboxylic acids is 2. The summed E-state index contributed by atoms with van der Waals surface area (Å²) < 4.78 is 0. The molecular weight excluding hydrogens is 1790 g/mol. The van der Waals surface area contributed by atoms with E-state index in [0.29, 0.717) is 36.1 Å². The van der Waals surface area contributed by atoms with Gasteiger partial charge in [-0.05, 0) is 247 Å². The van der Waals surface area contributed by atoms with Gasteiger partial charge in [0, 0.05) is 101 Å². The molecule has 0 N–H and O–H groups in total. The maximum Gasteiger partial charge on any atom is 0.261 e. The van der Waals surface area contributed by atoms with Crippen molar-refractivity contribution in [1.82, 2.24) is 9.80 Å². The zero-order valence-electron chi connectivity index (χ0n) is 82.6. The zero-order chi connectivity index (χ0) is 91.4. The number of nitrogens with zero attached hydrogens (tertiary/aromatic N) is 2. The summed E-state index contributed by atoms with van der Waals surface area (Å²) in [6.07, 6.45) is 65.8. The van der Waals surface area contributed by atoms with Crippen LogP contribution in [0, 0.1) is 25.7 Å². The summed E-state index contributed by atoms with van der Waals surface area (Å²) in [6.45, 7) is 29.2. The highest BCUT2D eigenvalue weighted by Crippen LogP contribution is 2.56. The molecule has 0 saturated heterocycles. The fourth-order valence-electron chi connectivity index (χ4n) is 19.9. The Bertz CT molecular complexity index is 5060. The predicted octanol–water partition coefficient (Wildman–Crippen LogP) is 42.1. The second-order valence-electron chi connectivity index (χ2n) is 38.6. The Morgan fingerprint density at radius 1 is 0.229 bits per heavy atom. The quantitative estimate of drug-likeness (QED) is 0.0357. The monoisotopic (exact) mass is 1950 g/mol. The summed E-state index contributed by atoms with van der Waals surface area (Å²) in [6, 6.07) is 34.6. The van der Waals surface area contributed by atoms with E-state index < -0.39 is 0 Å². The third-order valence-corrected chi connectivity index (χ3v) is 40.4. The van der Waals surface area contributed by atoms with Crippen molar-refractivity contribution in [3.63, 3.8) is 0 Å². The van der Waals surface area contributed by atoms with Gasteiger partial charge in [-0.25, -0.2) is 0 Å². The lowest BCUT2D eigenvalue weighted by molar-refractivity contribution is -0.124. The lowest BCUT2D eigenvalue weighted by Gasteiger charge is -2.29. The summed E-state index contributed by atoms with van der Waals surface area (Å²) >= 11 is 19.9. The number of unbranched alkanes of at least 4 members (excludes halogenated alkanes) is 34. The fourth-order valence-corrected chi connectivity index (χ4v) is 32.0. The van der Waals surface area contributed by atoms with Crippen LogP contribution in [0.3, 0.4) is 0 Å². The smallest absolute Gasteiger partial charge is 0.261 e. The number of thiophene rings is 10. The van der Waals surface area contributed by atoms with Gasteiger partial charge in [0.15, 0.2) is 0 Å². The number of rotatable bonds is 68. The van der Waals surface area contributed by atoms with Crippen LogP contribution < -0.4 is 0 Å². The molecule has 4 nitrogen and oxygen atoms in total. The molecule has 0 aliphatic carbocycles. The molecule has 0 aromatic carbocycles. The molecule has 12 rings (SSSR count). The van der Waals surface area contributed by atoms with Crippen LogP contribution in [-0.2, 0) is 48.1 Å². The Labute approximate surface area is 837 Å². The van der Waals surface area contributed by atoms with E-state index in [9.17, 15) is 0 Å². The summed E-state index contributed by atoms with van der Waals surface area (Å²) in [5.41, 5.74) is 12.2. The SMILES string of the molecule is C.CCCCCCCCC(CCCCCC)CN1C(=O)C2=C(c3ccc(-c4cc(CCCCCC)c(-c5cc(CCCCCC)c(-c6ccc(-c7cc(CCCCCC)c(-c8sc(-c9ccc(C)s9)cc8CCCCCC)s7)s6)s5)s4)s3)N(CC(CCCCCC)CCCCCCCC)C(=O)C2=C1c1ccc(-c2cc(CCCCCC)c(-c3cc(CCCCCC)c(C)s3)s2)s1. The van der Waals surface area contributed by atoms with Crippen LogP contribution >= 0.6 is 113 Å². The molecule has 718 valence electrons. The van der Waals surface area contributed by atoms with Crippen LogP contribution in [0.5, 0.6) is 0 Å². The molecule has 2 amide bonds. The van der Waals surface area contributed by atoms with Gasteiger partial charge in [0.05, 0.1) is 32.3 Å². The number of amides is 2. The zero-order valence-corrected chi connectivity index (χ0v) is 90.8. The minimum Gasteiger partial charge on any atom is -0.306 e. The topological polar surface area (TPSA) is 40.6 Å². The van der Waals surface area contributed by atoms with E-state index in [4.69, 9.17) is 0 Å². The number of hydrogen-bond acceptors (Lipinski definition) is 12. The molecule has 2 atom stereocenters. The third-order valence-electron chi connectivity index (χ3n) is 27.7. The van der Waals surface area contributed by atoms with E-state index in [1.807, 2.05) is 79.4 Å². The number of hydrogen-bond donors (Lipinski definition) is 0. The third kappa shape index (κ3) is 30.2. The van der Waals surface area contributed by atoms with Crippen molar-refractivity contribution in [3.8, 4) is 78.0 Å². The molecule has 0 spiro atoms. The number of aryl methyl sites for hydroxylation is 8. The van der Waals surface area contributed by atoms with Gasteiger partial charge >= 0.3 is 0 Å². The Morgan fingerprint density at radius 3 is 0.809 bits per heavy atom. The van der Waals surface area contributed by atoms with E-state index in [1.165, 1.54) is 393 Å². The highest BCUT2D eigenvalue weighted by Gasteiger charge is 2.50. The van der Waals surface area contributed by atoms with E-state index >= 15 is 9.59 Å². The van der Waals surface area contributed by atoms with Crippen molar-refractivity contribution in [2.75, 3.05) is 13.1 Å². The summed E-state index contributed by atoms with van der Waals surface area (Å²) in [5, 5.41) is 0. The van der Waals surface area contributed by atoms with Gasteiger partial charge < -0.3 is 9.80 Å². The molecule has 131 heavy (non-hydrogen) atoms. The van der Waals surface area contributed by atoms with E-state index in [2.05, 4.69) is 212 Å². The van der Waals surface area contributed by atoms with Gasteiger partial charge in [-0.3, -0.25) is 9.59 Å². The van der Waals surface area contributed by atoms with Crippen LogP contribution in [0.1, 0.15) is 438 Å². The van der Waals surface area contributed by atoms with Gasteiger partial charge in [0.2, 0.25) is 0 Å². The molecule has 2 unspecified atom stereocenters. The highest BCUT2D eigenvalue weighted by atomic mass is 32.1. The van der Waals surface area contributed by atoms with Gasteiger partial charge in [-0.15, -0.1) is 113 Å². The van der Waals surface area contributed by atoms with Crippen molar-refractivity contribution in [2.45, 2.75) is 437 Å². The molecule has 12 heterocycles. The molecular formula is C117H168N2O2S10. The molecule has 2 aliphatic heterocycles. The van der Waals surface area contributed by atoms with E-state index in [-0.39, 0.29) is 19.2 Å². The fraction of sp³-hybridized carbons (Fsp3) is 0.607. The standard InChI is InChI=1S/C116H164N2O2S10.CH4/c1-13-23-33-43-45-49-59-85(57-47-35-25-15-3)81-117-108(97-72-69-94(123-97)101-76-88(62-52-38-28-18-6)111(126-101)104-75-87(84(12)122-104)61-51-37-27-17-5)106-107(116(117)120)109(118(115(106)119)82-86(58-48-36-26-16-4)60-50-46-44-34-24-14-2)98-73-70-95(124-98)102-77-89(63-53-39-29-19-7)112(127-102)105-80-90(64-54-40-30-20-8)110(130-105)99-74-71-96(125-99)103-79-92(66-56-42-32-22-10)114(129-103)113-91(65-55-41-31-21-9)78-100(128-113)93-68-67-83(11)121-93;/h67-80,85-86H,13-66,81-82H2,1-12H3;1H4. The first kappa shape index (κ1) is 107. The first-order valence-electron chi connectivity index (χ1n) is 53.0. The van der Waals surface area contributed by atoms with Crippen molar-refractivity contribution >= 4 is 137 Å². The minimum absolute atomic E-state index is 0. The number of carbonyl (C=O) groups is 2. The van der Waals surface area contributed by atoms with Gasteiger partial charge in [0.1, 0.15) is 0 Å². The Hall–Kier alpha value is -4.58. The van der Waals surface area contributed by atoms with Crippen molar-refractivity contribution in [1.29, 1.82) is 0 Å². The summed E-state index contributed by atoms with van der Waals surface area (Å²) in [7, 11) is 0. The summed E-state index contributed by atoms with van der Waals surface area (Å²) in [4.78, 5) is 65.8. The Morgan fingerprint density at radius 2 is 0.466 bits per heavy atom. The average molecular weight is 1960 g/mol. The molecule has 0 saturated carbocycles. The van der Waals surface area contributed by atoms with Crippen LogP contribution in [0.2, 0.25) is 0 Å². The van der Waals surface area contributed by atoms with Crippen molar-refractivity contribution < 1.29 is 9.59 Å². The van der Waals surface area contributed by atoms with Crippen LogP contribution in [0.4, 0.5) is 0 Å². The first-order chi connectivity index (χ1) is 63.8. The van der Waals surface area contributed by atoms with E-state index in [1.54, 1.807) is 11.1 Å². The Kier molecular flexibility index (Phi) is 47.1. The normalized spacial score (nSPS) is 13.5. The number of fused-ring (bicyclic) bond motifs is 1. The largest absolute Gasteiger partial charge is 0.306 e. The lowest BCUT2D eigenvalue weighted by Crippen LogP contribution is -2.34. The van der Waals surface area contributed by atoms with E-state index in [0.717, 1.165) is 85.4 Å². The molecule has 0 radical (unpaired) electrons. The predicted molar refractivity (Wildman–Crippen MR) is 596 cm³/mol. The maximum absolute atomic E-state index is 17.0. The Balaban J connectivity index is 0.0000166. The molecule has 10 aromatic rings. The highest BCUT2D eigenvalue weighted by molar-refractivity contribution is 7.31. The lowest BCUT2D eigenvalue weighted by atomic mass is 9.93. The first-order valence-corrected chi connectivity index (χ1v) is 61.2. The average Bonchev–Trinajstić information content (AvgIpc) is 1.55. The van der Waals surface area contributed by atoms with Crippen LogP contribution in [0.25, 0.3) is 89.4 Å². The second-order valence-corrected chi connectivity index (χ2v) is 49.7. The van der Waals surface area contributed by atoms with Gasteiger partial charge in [-0.2, -0.15) is 0 Å². The molecule has 10 aromatic heterocycles. The molecule has 2 aliphatic rings. The van der Waals surface area contributed by atoms with Gasteiger partial charge in [-0.1, -0.05) is 321 Å². The maximum atomic E-state index is 17.0. The van der Waals surface area contributed by atoms with Gasteiger partial charge in [0.25, 0.3) is 11.8 Å². The summed E-state index contributed by atoms with van der Waals surface area (Å²) in [5.74, 6) is 0.769. The second kappa shape index (κ2) is 57.7. The molecule has 14 heteroatoms.